The van der Waals surface area contributed by atoms with E-state index in [9.17, 15) is 8.78 Å². The zero-order valence-corrected chi connectivity index (χ0v) is 8.35. The number of fused-ring (bicyclic) bond motifs is 1. The Morgan fingerprint density at radius 3 is 2.60 bits per heavy atom. The average molecular weight is 207 g/mol. The van der Waals surface area contributed by atoms with Crippen LogP contribution in [0.4, 0.5) is 14.5 Å². The molecule has 0 radical (unpaired) electrons. The number of hydrogen-bond acceptors (Lipinski definition) is 1. The molecule has 2 aromatic carbocycles. The molecule has 0 saturated carbocycles. The Balaban J connectivity index is 2.91. The summed E-state index contributed by atoms with van der Waals surface area (Å²) in [5.74, 6) is -1.61. The number of halogens is 2. The molecule has 0 atom stereocenters. The van der Waals surface area contributed by atoms with Crippen LogP contribution in [-0.4, -0.2) is 0 Å². The number of hydrogen-bond donors (Lipinski definition) is 1. The van der Waals surface area contributed by atoms with Crippen LogP contribution in [0.5, 0.6) is 0 Å². The Morgan fingerprint density at radius 1 is 1.20 bits per heavy atom. The number of rotatable bonds is 1. The number of anilines is 1. The van der Waals surface area contributed by atoms with Crippen LogP contribution in [0.25, 0.3) is 10.8 Å². The molecule has 0 heterocycles. The molecule has 0 bridgehead atoms. The molecular weight excluding hydrogens is 196 g/mol. The van der Waals surface area contributed by atoms with Gasteiger partial charge in [-0.25, -0.2) is 8.78 Å². The van der Waals surface area contributed by atoms with Crippen LogP contribution >= 0.6 is 0 Å². The van der Waals surface area contributed by atoms with E-state index in [1.165, 1.54) is 0 Å². The van der Waals surface area contributed by atoms with E-state index in [0.717, 1.165) is 11.6 Å². The molecule has 0 aliphatic rings. The lowest BCUT2D eigenvalue weighted by atomic mass is 10.0. The topological polar surface area (TPSA) is 26.0 Å². The van der Waals surface area contributed by atoms with Crippen molar-refractivity contribution in [3.63, 3.8) is 0 Å². The summed E-state index contributed by atoms with van der Waals surface area (Å²) in [5, 5.41) is 0.984. The molecule has 0 aromatic heterocycles. The standard InChI is InChI=1S/C12H11F2N/c1-2-7-5-9(15)6-8-3-4-10(13)12(14)11(7)8/h3-6H,2,15H2,1H3. The largest absolute Gasteiger partial charge is 0.399 e. The van der Waals surface area contributed by atoms with E-state index >= 15 is 0 Å². The predicted molar refractivity (Wildman–Crippen MR) is 57.7 cm³/mol. The first-order valence-electron chi connectivity index (χ1n) is 4.79. The van der Waals surface area contributed by atoms with Crippen molar-refractivity contribution < 1.29 is 8.78 Å². The van der Waals surface area contributed by atoms with Crippen LogP contribution in [0.15, 0.2) is 24.3 Å². The fraction of sp³-hybridized carbons (Fsp3) is 0.167. The molecule has 0 aliphatic carbocycles. The lowest BCUT2D eigenvalue weighted by Gasteiger charge is -2.07. The molecule has 2 aromatic rings. The molecule has 0 amide bonds. The minimum Gasteiger partial charge on any atom is -0.399 e. The van der Waals surface area contributed by atoms with Crippen LogP contribution in [-0.2, 0) is 6.42 Å². The van der Waals surface area contributed by atoms with E-state index in [-0.39, 0.29) is 0 Å². The first-order valence-corrected chi connectivity index (χ1v) is 4.79. The highest BCUT2D eigenvalue weighted by atomic mass is 19.2. The second kappa shape index (κ2) is 3.50. The molecular formula is C12H11F2N. The Hall–Kier alpha value is -1.64. The number of nitrogens with two attached hydrogens (primary N) is 1. The highest BCUT2D eigenvalue weighted by Crippen LogP contribution is 2.27. The van der Waals surface area contributed by atoms with Gasteiger partial charge in [0.05, 0.1) is 0 Å². The maximum Gasteiger partial charge on any atom is 0.166 e. The minimum absolute atomic E-state index is 0.340. The van der Waals surface area contributed by atoms with Crippen molar-refractivity contribution >= 4 is 16.5 Å². The Morgan fingerprint density at radius 2 is 1.93 bits per heavy atom. The normalized spacial score (nSPS) is 10.9. The van der Waals surface area contributed by atoms with Crippen molar-refractivity contribution in [2.45, 2.75) is 13.3 Å². The highest BCUT2D eigenvalue weighted by molar-refractivity contribution is 5.89. The van der Waals surface area contributed by atoms with Gasteiger partial charge < -0.3 is 5.73 Å². The van der Waals surface area contributed by atoms with Gasteiger partial charge >= 0.3 is 0 Å². The summed E-state index contributed by atoms with van der Waals surface area (Å²) in [5.41, 5.74) is 6.98. The van der Waals surface area contributed by atoms with Gasteiger partial charge in [0.1, 0.15) is 0 Å². The van der Waals surface area contributed by atoms with Crippen LogP contribution in [0.2, 0.25) is 0 Å². The maximum atomic E-state index is 13.6. The van der Waals surface area contributed by atoms with E-state index in [0.29, 0.717) is 22.9 Å². The molecule has 15 heavy (non-hydrogen) atoms. The predicted octanol–water partition coefficient (Wildman–Crippen LogP) is 3.26. The zero-order valence-electron chi connectivity index (χ0n) is 8.35. The quantitative estimate of drug-likeness (QED) is 0.713. The third-order valence-electron chi connectivity index (χ3n) is 2.49. The monoisotopic (exact) mass is 207 g/mol. The fourth-order valence-electron chi connectivity index (χ4n) is 1.79. The molecule has 1 nitrogen and oxygen atoms in total. The Kier molecular flexibility index (Phi) is 2.31. The summed E-state index contributed by atoms with van der Waals surface area (Å²) in [6.45, 7) is 1.89. The summed E-state index contributed by atoms with van der Waals surface area (Å²) in [7, 11) is 0. The minimum atomic E-state index is -0.818. The molecule has 3 heteroatoms. The second-order valence-corrected chi connectivity index (χ2v) is 3.49. The Labute approximate surface area is 86.5 Å². The van der Waals surface area contributed by atoms with E-state index in [4.69, 9.17) is 5.73 Å². The van der Waals surface area contributed by atoms with Gasteiger partial charge in [-0.2, -0.15) is 0 Å². The van der Waals surface area contributed by atoms with E-state index in [1.54, 1.807) is 18.2 Å². The van der Waals surface area contributed by atoms with Gasteiger partial charge in [-0.3, -0.25) is 0 Å². The van der Waals surface area contributed by atoms with Crippen molar-refractivity contribution in [1.29, 1.82) is 0 Å². The molecule has 0 fully saturated rings. The zero-order chi connectivity index (χ0) is 11.0. The Bertz CT molecular complexity index is 521. The van der Waals surface area contributed by atoms with Gasteiger partial charge in [-0.15, -0.1) is 0 Å². The average Bonchev–Trinajstić information content (AvgIpc) is 2.22. The molecule has 2 N–H and O–H groups in total. The van der Waals surface area contributed by atoms with E-state index in [1.807, 2.05) is 6.92 Å². The van der Waals surface area contributed by atoms with Gasteiger partial charge in [0.15, 0.2) is 11.6 Å². The molecule has 2 rings (SSSR count). The van der Waals surface area contributed by atoms with Crippen LogP contribution in [0.3, 0.4) is 0 Å². The van der Waals surface area contributed by atoms with E-state index in [2.05, 4.69) is 0 Å². The fourth-order valence-corrected chi connectivity index (χ4v) is 1.79. The van der Waals surface area contributed by atoms with Crippen molar-refractivity contribution in [3.8, 4) is 0 Å². The summed E-state index contributed by atoms with van der Waals surface area (Å²) < 4.78 is 26.6. The van der Waals surface area contributed by atoms with Crippen molar-refractivity contribution in [3.05, 3.63) is 41.5 Å². The molecule has 0 unspecified atom stereocenters. The van der Waals surface area contributed by atoms with Crippen molar-refractivity contribution in [1.82, 2.24) is 0 Å². The van der Waals surface area contributed by atoms with Gasteiger partial charge in [0.25, 0.3) is 0 Å². The van der Waals surface area contributed by atoms with Gasteiger partial charge in [-0.05, 0) is 35.6 Å². The van der Waals surface area contributed by atoms with Gasteiger partial charge in [-0.1, -0.05) is 13.0 Å². The molecule has 0 aliphatic heterocycles. The molecule has 78 valence electrons. The third-order valence-corrected chi connectivity index (χ3v) is 2.49. The number of nitrogen functional groups attached to an aromatic ring is 1. The molecule has 0 saturated heterocycles. The van der Waals surface area contributed by atoms with Crippen LogP contribution < -0.4 is 5.73 Å². The number of benzene rings is 2. The summed E-state index contributed by atoms with van der Waals surface area (Å²) >= 11 is 0. The summed E-state index contributed by atoms with van der Waals surface area (Å²) in [4.78, 5) is 0. The molecule has 0 spiro atoms. The third kappa shape index (κ3) is 1.54. The van der Waals surface area contributed by atoms with Gasteiger partial charge in [0.2, 0.25) is 0 Å². The smallest absolute Gasteiger partial charge is 0.166 e. The first kappa shape index (κ1) is 9.90. The lowest BCUT2D eigenvalue weighted by Crippen LogP contribution is -1.94. The van der Waals surface area contributed by atoms with E-state index < -0.39 is 11.6 Å². The SMILES string of the molecule is CCc1cc(N)cc2ccc(F)c(F)c12. The lowest BCUT2D eigenvalue weighted by molar-refractivity contribution is 0.516. The maximum absolute atomic E-state index is 13.6. The van der Waals surface area contributed by atoms with Crippen molar-refractivity contribution in [2.24, 2.45) is 0 Å². The first-order chi connectivity index (χ1) is 7.13. The van der Waals surface area contributed by atoms with Gasteiger partial charge in [0, 0.05) is 11.1 Å². The summed E-state index contributed by atoms with van der Waals surface area (Å²) in [6, 6.07) is 6.00. The highest BCUT2D eigenvalue weighted by Gasteiger charge is 2.10. The summed E-state index contributed by atoms with van der Waals surface area (Å²) in [6.07, 6.45) is 0.627. The van der Waals surface area contributed by atoms with Crippen LogP contribution in [0, 0.1) is 11.6 Å². The van der Waals surface area contributed by atoms with Crippen molar-refractivity contribution in [2.75, 3.05) is 5.73 Å². The second-order valence-electron chi connectivity index (χ2n) is 3.49. The number of aryl methyl sites for hydroxylation is 1. The van der Waals surface area contributed by atoms with Crippen LogP contribution in [0.1, 0.15) is 12.5 Å².